The van der Waals surface area contributed by atoms with E-state index in [4.69, 9.17) is 0 Å². The predicted molar refractivity (Wildman–Crippen MR) is 83.0 cm³/mol. The van der Waals surface area contributed by atoms with Gasteiger partial charge in [-0.1, -0.05) is 19.1 Å². The molecule has 0 bridgehead atoms. The number of carbonyl (C=O) groups is 1. The third-order valence-electron chi connectivity index (χ3n) is 3.27. The summed E-state index contributed by atoms with van der Waals surface area (Å²) < 4.78 is 12.8. The minimum Gasteiger partial charge on any atom is -0.350 e. The normalized spacial score (nSPS) is 11.8. The van der Waals surface area contributed by atoms with E-state index in [0.29, 0.717) is 18.1 Å². The van der Waals surface area contributed by atoms with E-state index < -0.39 is 0 Å². The molecule has 22 heavy (non-hydrogen) atoms. The Morgan fingerprint density at radius 2 is 1.86 bits per heavy atom. The Morgan fingerprint density at radius 3 is 2.45 bits per heavy atom. The van der Waals surface area contributed by atoms with Gasteiger partial charge < -0.3 is 10.6 Å². The Hall–Kier alpha value is -2.50. The molecule has 1 heterocycles. The second-order valence-electron chi connectivity index (χ2n) is 5.06. The van der Waals surface area contributed by atoms with Crippen molar-refractivity contribution >= 4 is 11.9 Å². The Morgan fingerprint density at radius 1 is 1.23 bits per heavy atom. The highest BCUT2D eigenvalue weighted by molar-refractivity contribution is 5.93. The van der Waals surface area contributed by atoms with Gasteiger partial charge in [-0.25, -0.2) is 14.4 Å². The number of carbonyl (C=O) groups excluding carboxylic acids is 1. The van der Waals surface area contributed by atoms with Gasteiger partial charge in [-0.2, -0.15) is 0 Å². The summed E-state index contributed by atoms with van der Waals surface area (Å²) in [4.78, 5) is 20.1. The van der Waals surface area contributed by atoms with Gasteiger partial charge in [-0.15, -0.1) is 0 Å². The molecule has 0 fully saturated rings. The smallest absolute Gasteiger partial charge is 0.254 e. The molecule has 0 aliphatic heterocycles. The van der Waals surface area contributed by atoms with Crippen molar-refractivity contribution in [3.8, 4) is 0 Å². The van der Waals surface area contributed by atoms with Crippen LogP contribution in [0.3, 0.4) is 0 Å². The van der Waals surface area contributed by atoms with Crippen molar-refractivity contribution in [1.82, 2.24) is 15.3 Å². The van der Waals surface area contributed by atoms with Crippen molar-refractivity contribution < 1.29 is 9.18 Å². The van der Waals surface area contributed by atoms with Gasteiger partial charge in [0.15, 0.2) is 0 Å². The zero-order valence-corrected chi connectivity index (χ0v) is 12.6. The van der Waals surface area contributed by atoms with Crippen molar-refractivity contribution in [3.05, 3.63) is 53.6 Å². The van der Waals surface area contributed by atoms with Crippen LogP contribution in [0.25, 0.3) is 0 Å². The number of hydrogen-bond donors (Lipinski definition) is 2. The van der Waals surface area contributed by atoms with Gasteiger partial charge in [0.2, 0.25) is 5.95 Å². The predicted octanol–water partition coefficient (Wildman–Crippen LogP) is 2.76. The van der Waals surface area contributed by atoms with Crippen LogP contribution in [0.5, 0.6) is 0 Å². The first-order chi connectivity index (χ1) is 10.6. The summed E-state index contributed by atoms with van der Waals surface area (Å²) in [5, 5.41) is 5.88. The van der Waals surface area contributed by atoms with Crippen LogP contribution in [0.2, 0.25) is 0 Å². The average molecular weight is 302 g/mol. The van der Waals surface area contributed by atoms with Gasteiger partial charge in [-0.3, -0.25) is 4.79 Å². The molecule has 1 atom stereocenters. The monoisotopic (exact) mass is 302 g/mol. The molecule has 1 amide bonds. The molecule has 6 heteroatoms. The minimum absolute atomic E-state index is 0.115. The molecular formula is C16H19FN4O. The largest absolute Gasteiger partial charge is 0.350 e. The first-order valence-electron chi connectivity index (χ1n) is 7.19. The number of rotatable bonds is 6. The maximum Gasteiger partial charge on any atom is 0.254 e. The van der Waals surface area contributed by atoms with Crippen LogP contribution >= 0.6 is 0 Å². The lowest BCUT2D eigenvalue weighted by atomic mass is 10.2. The van der Waals surface area contributed by atoms with Crippen LogP contribution in [0.4, 0.5) is 10.3 Å². The summed E-state index contributed by atoms with van der Waals surface area (Å²) in [6, 6.07) is 6.30. The van der Waals surface area contributed by atoms with Crippen molar-refractivity contribution in [3.63, 3.8) is 0 Å². The fourth-order valence-electron chi connectivity index (χ4n) is 1.73. The number of anilines is 1. The Kier molecular flexibility index (Phi) is 5.41. The van der Waals surface area contributed by atoms with Crippen LogP contribution in [0, 0.1) is 5.82 Å². The molecular weight excluding hydrogens is 283 g/mol. The molecule has 0 aliphatic rings. The molecule has 1 aromatic heterocycles. The van der Waals surface area contributed by atoms with Gasteiger partial charge in [-0.05, 0) is 31.0 Å². The number of halogens is 1. The number of benzene rings is 1. The zero-order valence-electron chi connectivity index (χ0n) is 12.6. The van der Waals surface area contributed by atoms with Crippen LogP contribution in [0.1, 0.15) is 36.2 Å². The fourth-order valence-corrected chi connectivity index (χ4v) is 1.73. The number of aromatic nitrogens is 2. The van der Waals surface area contributed by atoms with Crippen molar-refractivity contribution in [2.45, 2.75) is 32.9 Å². The summed E-state index contributed by atoms with van der Waals surface area (Å²) in [5.41, 5.74) is 1.34. The van der Waals surface area contributed by atoms with Crippen molar-refractivity contribution in [1.29, 1.82) is 0 Å². The molecule has 116 valence electrons. The number of nitrogens with zero attached hydrogens (tertiary/aromatic N) is 2. The van der Waals surface area contributed by atoms with E-state index in [2.05, 4.69) is 20.6 Å². The maximum atomic E-state index is 12.8. The fraction of sp³-hybridized carbons (Fsp3) is 0.312. The second-order valence-corrected chi connectivity index (χ2v) is 5.06. The second kappa shape index (κ2) is 7.49. The summed E-state index contributed by atoms with van der Waals surface area (Å²) >= 11 is 0. The molecule has 0 spiro atoms. The van der Waals surface area contributed by atoms with E-state index in [9.17, 15) is 9.18 Å². The first kappa shape index (κ1) is 15.9. The van der Waals surface area contributed by atoms with Gasteiger partial charge in [0.05, 0.1) is 5.56 Å². The summed E-state index contributed by atoms with van der Waals surface area (Å²) in [6.45, 7) is 4.43. The Labute approximate surface area is 129 Å². The molecule has 0 aliphatic carbocycles. The van der Waals surface area contributed by atoms with E-state index in [-0.39, 0.29) is 17.8 Å². The third kappa shape index (κ3) is 4.51. The molecule has 1 aromatic carbocycles. The lowest BCUT2D eigenvalue weighted by molar-refractivity contribution is 0.0938. The summed E-state index contributed by atoms with van der Waals surface area (Å²) in [5.74, 6) is -0.0273. The lowest BCUT2D eigenvalue weighted by Gasteiger charge is -2.11. The number of amides is 1. The van der Waals surface area contributed by atoms with Gasteiger partial charge in [0.1, 0.15) is 5.82 Å². The molecule has 0 saturated heterocycles. The maximum absolute atomic E-state index is 12.8. The van der Waals surface area contributed by atoms with Gasteiger partial charge >= 0.3 is 0 Å². The average Bonchev–Trinajstić information content (AvgIpc) is 2.54. The minimum atomic E-state index is -0.267. The Bertz CT molecular complexity index is 613. The van der Waals surface area contributed by atoms with Crippen molar-refractivity contribution in [2.24, 2.45) is 0 Å². The molecule has 0 radical (unpaired) electrons. The van der Waals surface area contributed by atoms with E-state index in [1.807, 2.05) is 13.8 Å². The first-order valence-corrected chi connectivity index (χ1v) is 7.19. The van der Waals surface area contributed by atoms with Gasteiger partial charge in [0.25, 0.3) is 5.91 Å². The van der Waals surface area contributed by atoms with Crippen LogP contribution in [-0.4, -0.2) is 21.9 Å². The molecule has 1 unspecified atom stereocenters. The van der Waals surface area contributed by atoms with Crippen LogP contribution in [-0.2, 0) is 6.54 Å². The standard InChI is InChI=1S/C16H19FN4O/c1-3-11(2)21-15(22)13-9-19-16(20-10-13)18-8-12-4-6-14(17)7-5-12/h4-7,9-11H,3,8H2,1-2H3,(H,21,22)(H,18,19,20). The molecule has 0 saturated carbocycles. The van der Waals surface area contributed by atoms with E-state index in [1.165, 1.54) is 24.5 Å². The number of hydrogen-bond acceptors (Lipinski definition) is 4. The lowest BCUT2D eigenvalue weighted by Crippen LogP contribution is -2.32. The summed E-state index contributed by atoms with van der Waals surface area (Å²) in [6.07, 6.45) is 3.83. The molecule has 2 aromatic rings. The van der Waals surface area contributed by atoms with E-state index in [1.54, 1.807) is 12.1 Å². The molecule has 2 rings (SSSR count). The van der Waals surface area contributed by atoms with Crippen LogP contribution in [0.15, 0.2) is 36.7 Å². The molecule has 2 N–H and O–H groups in total. The molecule has 5 nitrogen and oxygen atoms in total. The van der Waals surface area contributed by atoms with E-state index in [0.717, 1.165) is 12.0 Å². The Balaban J connectivity index is 1.91. The van der Waals surface area contributed by atoms with Gasteiger partial charge in [0, 0.05) is 25.0 Å². The van der Waals surface area contributed by atoms with Crippen LogP contribution < -0.4 is 10.6 Å². The van der Waals surface area contributed by atoms with Crippen molar-refractivity contribution in [2.75, 3.05) is 5.32 Å². The quantitative estimate of drug-likeness (QED) is 0.861. The topological polar surface area (TPSA) is 66.9 Å². The van der Waals surface area contributed by atoms with E-state index >= 15 is 0 Å². The highest BCUT2D eigenvalue weighted by Crippen LogP contribution is 2.06. The highest BCUT2D eigenvalue weighted by atomic mass is 19.1. The SMILES string of the molecule is CCC(C)NC(=O)c1cnc(NCc2ccc(F)cc2)nc1. The third-order valence-corrected chi connectivity index (χ3v) is 3.27. The summed E-state index contributed by atoms with van der Waals surface area (Å²) in [7, 11) is 0. The highest BCUT2D eigenvalue weighted by Gasteiger charge is 2.09. The number of nitrogens with one attached hydrogen (secondary N) is 2. The zero-order chi connectivity index (χ0) is 15.9.